The van der Waals surface area contributed by atoms with E-state index in [0.717, 1.165) is 16.0 Å². The molecule has 104 valence electrons. The third-order valence-corrected chi connectivity index (χ3v) is 3.79. The Bertz CT molecular complexity index is 585. The van der Waals surface area contributed by atoms with Gasteiger partial charge in [0.2, 0.25) is 5.91 Å². The van der Waals surface area contributed by atoms with E-state index in [2.05, 4.69) is 5.32 Å². The van der Waals surface area contributed by atoms with Crippen LogP contribution in [-0.4, -0.2) is 11.0 Å². The van der Waals surface area contributed by atoms with E-state index < -0.39 is 0 Å². The van der Waals surface area contributed by atoms with Crippen LogP contribution in [-0.2, 0) is 11.3 Å². The highest BCUT2D eigenvalue weighted by molar-refractivity contribution is 7.09. The maximum Gasteiger partial charge on any atom is 0.247 e. The Hall–Kier alpha value is -2.07. The zero-order valence-electron chi connectivity index (χ0n) is 11.3. The van der Waals surface area contributed by atoms with Crippen LogP contribution in [0.5, 0.6) is 5.75 Å². The van der Waals surface area contributed by atoms with Gasteiger partial charge in [-0.1, -0.05) is 25.1 Å². The molecule has 0 aliphatic rings. The lowest BCUT2D eigenvalue weighted by Crippen LogP contribution is -2.23. The van der Waals surface area contributed by atoms with Crippen LogP contribution in [0.25, 0.3) is 6.08 Å². The molecule has 1 aromatic heterocycles. The van der Waals surface area contributed by atoms with Crippen LogP contribution in [0.3, 0.4) is 0 Å². The zero-order chi connectivity index (χ0) is 14.4. The van der Waals surface area contributed by atoms with Crippen molar-refractivity contribution in [3.05, 3.63) is 57.8 Å². The van der Waals surface area contributed by atoms with Crippen LogP contribution in [0, 0.1) is 0 Å². The molecular weight excluding hydrogens is 270 g/mol. The zero-order valence-corrected chi connectivity index (χ0v) is 12.1. The second-order valence-electron chi connectivity index (χ2n) is 4.38. The molecule has 2 aromatic rings. The lowest BCUT2D eigenvalue weighted by Gasteiger charge is -2.06. The smallest absolute Gasteiger partial charge is 0.247 e. The summed E-state index contributed by atoms with van der Waals surface area (Å²) in [6.07, 6.45) is 2.51. The van der Waals surface area contributed by atoms with Gasteiger partial charge in [-0.2, -0.15) is 0 Å². The molecule has 0 saturated heterocycles. The van der Waals surface area contributed by atoms with E-state index in [1.165, 1.54) is 0 Å². The van der Waals surface area contributed by atoms with Crippen molar-refractivity contribution in [2.24, 2.45) is 0 Å². The maximum atomic E-state index is 12.1. The first kappa shape index (κ1) is 14.3. The lowest BCUT2D eigenvalue weighted by atomic mass is 10.1. The highest BCUT2D eigenvalue weighted by Gasteiger charge is 2.07. The van der Waals surface area contributed by atoms with Crippen molar-refractivity contribution in [1.82, 2.24) is 5.32 Å². The number of carbonyl (C=O) groups excluding carboxylic acids is 1. The molecule has 2 rings (SSSR count). The molecule has 0 aliphatic heterocycles. The number of amides is 1. The van der Waals surface area contributed by atoms with Crippen LogP contribution < -0.4 is 5.32 Å². The van der Waals surface area contributed by atoms with Gasteiger partial charge in [-0.15, -0.1) is 11.3 Å². The minimum atomic E-state index is -0.0472. The SMILES string of the molecule is CCC(=Cc1ccc(O)cc1)C(=O)NCc1cccs1. The van der Waals surface area contributed by atoms with E-state index in [4.69, 9.17) is 0 Å². The Kier molecular flexibility index (Phi) is 4.96. The molecule has 0 bridgehead atoms. The predicted octanol–water partition coefficient (Wildman–Crippen LogP) is 3.56. The molecule has 20 heavy (non-hydrogen) atoms. The van der Waals surface area contributed by atoms with Crippen LogP contribution in [0.15, 0.2) is 47.4 Å². The number of rotatable bonds is 5. The Morgan fingerprint density at radius 2 is 2.05 bits per heavy atom. The summed E-state index contributed by atoms with van der Waals surface area (Å²) in [4.78, 5) is 13.3. The molecule has 0 radical (unpaired) electrons. The number of hydrogen-bond acceptors (Lipinski definition) is 3. The Balaban J connectivity index is 2.03. The van der Waals surface area contributed by atoms with E-state index in [1.54, 1.807) is 35.6 Å². The van der Waals surface area contributed by atoms with Gasteiger partial charge < -0.3 is 10.4 Å². The first-order valence-electron chi connectivity index (χ1n) is 6.49. The van der Waals surface area contributed by atoms with E-state index in [0.29, 0.717) is 13.0 Å². The average molecular weight is 287 g/mol. The van der Waals surface area contributed by atoms with Crippen LogP contribution in [0.1, 0.15) is 23.8 Å². The van der Waals surface area contributed by atoms with Crippen LogP contribution >= 0.6 is 11.3 Å². The summed E-state index contributed by atoms with van der Waals surface area (Å²) < 4.78 is 0. The van der Waals surface area contributed by atoms with Gasteiger partial charge in [0, 0.05) is 10.5 Å². The van der Waals surface area contributed by atoms with Crippen molar-refractivity contribution < 1.29 is 9.90 Å². The monoisotopic (exact) mass is 287 g/mol. The van der Waals surface area contributed by atoms with Gasteiger partial charge in [0.05, 0.1) is 6.54 Å². The minimum absolute atomic E-state index is 0.0472. The van der Waals surface area contributed by atoms with Gasteiger partial charge in [0.25, 0.3) is 0 Å². The normalized spacial score (nSPS) is 11.3. The molecular formula is C16H17NO2S. The molecule has 2 N–H and O–H groups in total. The number of aromatic hydroxyl groups is 1. The van der Waals surface area contributed by atoms with Crippen molar-refractivity contribution in [1.29, 1.82) is 0 Å². The lowest BCUT2D eigenvalue weighted by molar-refractivity contribution is -0.117. The number of phenols is 1. The molecule has 1 amide bonds. The van der Waals surface area contributed by atoms with Gasteiger partial charge in [-0.3, -0.25) is 4.79 Å². The van der Waals surface area contributed by atoms with Gasteiger partial charge in [-0.05, 0) is 41.6 Å². The van der Waals surface area contributed by atoms with Gasteiger partial charge in [0.1, 0.15) is 5.75 Å². The largest absolute Gasteiger partial charge is 0.508 e. The molecule has 1 aromatic carbocycles. The van der Waals surface area contributed by atoms with Gasteiger partial charge >= 0.3 is 0 Å². The molecule has 0 atom stereocenters. The molecule has 0 spiro atoms. The summed E-state index contributed by atoms with van der Waals surface area (Å²) in [5.74, 6) is 0.177. The second-order valence-corrected chi connectivity index (χ2v) is 5.41. The predicted molar refractivity (Wildman–Crippen MR) is 82.5 cm³/mol. The van der Waals surface area contributed by atoms with Crippen molar-refractivity contribution in [3.63, 3.8) is 0 Å². The highest BCUT2D eigenvalue weighted by Crippen LogP contribution is 2.15. The first-order chi connectivity index (χ1) is 9.69. The standard InChI is InChI=1S/C16H17NO2S/c1-2-13(10-12-5-7-14(18)8-6-12)16(19)17-11-15-4-3-9-20-15/h3-10,18H,2,11H2,1H3,(H,17,19). The van der Waals surface area contributed by atoms with E-state index in [1.807, 2.05) is 30.5 Å². The van der Waals surface area contributed by atoms with E-state index in [-0.39, 0.29) is 11.7 Å². The van der Waals surface area contributed by atoms with Gasteiger partial charge in [0.15, 0.2) is 0 Å². The van der Waals surface area contributed by atoms with Gasteiger partial charge in [-0.25, -0.2) is 0 Å². The quantitative estimate of drug-likeness (QED) is 0.826. The number of hydrogen-bond donors (Lipinski definition) is 2. The fraction of sp³-hybridized carbons (Fsp3) is 0.188. The van der Waals surface area contributed by atoms with Crippen LogP contribution in [0.4, 0.5) is 0 Å². The molecule has 1 heterocycles. The Morgan fingerprint density at radius 3 is 2.65 bits per heavy atom. The topological polar surface area (TPSA) is 49.3 Å². The van der Waals surface area contributed by atoms with E-state index >= 15 is 0 Å². The second kappa shape index (κ2) is 6.91. The Labute approximate surface area is 122 Å². The summed E-state index contributed by atoms with van der Waals surface area (Å²) in [6.45, 7) is 2.51. The van der Waals surface area contributed by atoms with Crippen molar-refractivity contribution in [3.8, 4) is 5.75 Å². The summed E-state index contributed by atoms with van der Waals surface area (Å²) in [7, 11) is 0. The molecule has 3 nitrogen and oxygen atoms in total. The van der Waals surface area contributed by atoms with Crippen LogP contribution in [0.2, 0.25) is 0 Å². The van der Waals surface area contributed by atoms with E-state index in [9.17, 15) is 9.90 Å². The summed E-state index contributed by atoms with van der Waals surface area (Å²) in [6, 6.07) is 10.8. The average Bonchev–Trinajstić information content (AvgIpc) is 2.97. The molecule has 0 saturated carbocycles. The van der Waals surface area contributed by atoms with Crippen molar-refractivity contribution in [2.45, 2.75) is 19.9 Å². The summed E-state index contributed by atoms with van der Waals surface area (Å²) in [5, 5.41) is 14.2. The highest BCUT2D eigenvalue weighted by atomic mass is 32.1. The molecule has 0 unspecified atom stereocenters. The van der Waals surface area contributed by atoms with Crippen molar-refractivity contribution >= 4 is 23.3 Å². The summed E-state index contributed by atoms with van der Waals surface area (Å²) in [5.41, 5.74) is 1.64. The first-order valence-corrected chi connectivity index (χ1v) is 7.37. The summed E-state index contributed by atoms with van der Waals surface area (Å²) >= 11 is 1.63. The fourth-order valence-electron chi connectivity index (χ4n) is 1.79. The third-order valence-electron chi connectivity index (χ3n) is 2.91. The number of benzene rings is 1. The molecule has 0 aliphatic carbocycles. The number of thiophene rings is 1. The maximum absolute atomic E-state index is 12.1. The Morgan fingerprint density at radius 1 is 1.30 bits per heavy atom. The number of carbonyl (C=O) groups is 1. The molecule has 4 heteroatoms. The minimum Gasteiger partial charge on any atom is -0.508 e. The molecule has 0 fully saturated rings. The number of nitrogens with one attached hydrogen (secondary N) is 1. The fourth-order valence-corrected chi connectivity index (χ4v) is 2.44. The number of phenolic OH excluding ortho intramolecular Hbond substituents is 1. The van der Waals surface area contributed by atoms with Crippen molar-refractivity contribution in [2.75, 3.05) is 0 Å². The third kappa shape index (κ3) is 3.96.